The van der Waals surface area contributed by atoms with Gasteiger partial charge in [0.15, 0.2) is 6.10 Å². The van der Waals surface area contributed by atoms with Crippen LogP contribution in [0.1, 0.15) is 88.4 Å². The van der Waals surface area contributed by atoms with Crippen molar-refractivity contribution in [3.8, 4) is 5.75 Å². The van der Waals surface area contributed by atoms with Gasteiger partial charge in [0.1, 0.15) is 11.4 Å². The molecule has 1 aromatic rings. The number of esters is 1. The first-order valence-corrected chi connectivity index (χ1v) is 13.7. The highest BCUT2D eigenvalue weighted by Gasteiger charge is 2.60. The molecule has 0 aromatic heterocycles. The molecule has 5 saturated carbocycles. The molecule has 0 heterocycles. The summed E-state index contributed by atoms with van der Waals surface area (Å²) in [5.74, 6) is -4.25. The zero-order chi connectivity index (χ0) is 25.7. The number of carboxylic acids is 1. The number of carbonyl (C=O) groups excluding carboxylic acids is 1. The fourth-order valence-corrected chi connectivity index (χ4v) is 8.22. The number of ether oxygens (including phenoxy) is 2. The molecule has 1 unspecified atom stereocenters. The van der Waals surface area contributed by atoms with Gasteiger partial charge in [-0.05, 0) is 98.8 Å². The van der Waals surface area contributed by atoms with Crippen LogP contribution in [0.15, 0.2) is 24.3 Å². The third-order valence-electron chi connectivity index (χ3n) is 9.66. The average Bonchev–Trinajstić information content (AvgIpc) is 2.84. The molecule has 6 rings (SSSR count). The van der Waals surface area contributed by atoms with E-state index in [2.05, 4.69) is 13.8 Å². The summed E-state index contributed by atoms with van der Waals surface area (Å²) in [6.07, 6.45) is 7.47. The number of halogens is 2. The van der Waals surface area contributed by atoms with Gasteiger partial charge in [-0.2, -0.15) is 8.78 Å². The Hall–Kier alpha value is -2.18. The van der Waals surface area contributed by atoms with E-state index < -0.39 is 29.9 Å². The minimum Gasteiger partial charge on any atom is -0.486 e. The molecule has 5 aliphatic carbocycles. The van der Waals surface area contributed by atoms with Gasteiger partial charge in [0.05, 0.1) is 5.56 Å². The molecule has 198 valence electrons. The molecule has 36 heavy (non-hydrogen) atoms. The summed E-state index contributed by atoms with van der Waals surface area (Å²) in [6.45, 7) is 4.48. The summed E-state index contributed by atoms with van der Waals surface area (Å²) in [5.41, 5.74) is -0.0987. The van der Waals surface area contributed by atoms with Gasteiger partial charge in [-0.1, -0.05) is 33.1 Å². The molecular weight excluding hydrogens is 466 g/mol. The van der Waals surface area contributed by atoms with E-state index in [0.717, 1.165) is 31.1 Å². The van der Waals surface area contributed by atoms with Crippen molar-refractivity contribution in [3.05, 3.63) is 29.8 Å². The molecule has 0 amide bonds. The topological polar surface area (TPSA) is 72.8 Å². The van der Waals surface area contributed by atoms with E-state index in [9.17, 15) is 18.4 Å². The summed E-state index contributed by atoms with van der Waals surface area (Å²) < 4.78 is 41.1. The lowest BCUT2D eigenvalue weighted by molar-refractivity contribution is -0.189. The van der Waals surface area contributed by atoms with Crippen LogP contribution < -0.4 is 4.74 Å². The van der Waals surface area contributed by atoms with Gasteiger partial charge >= 0.3 is 17.9 Å². The number of aliphatic carboxylic acids is 1. The minimum absolute atomic E-state index is 0.119. The second kappa shape index (κ2) is 9.60. The second-order valence-corrected chi connectivity index (χ2v) is 12.1. The average molecular weight is 505 g/mol. The van der Waals surface area contributed by atoms with Crippen molar-refractivity contribution < 1.29 is 33.0 Å². The lowest BCUT2D eigenvalue weighted by Crippen LogP contribution is -2.63. The van der Waals surface area contributed by atoms with Gasteiger partial charge in [-0.25, -0.2) is 9.59 Å². The van der Waals surface area contributed by atoms with Gasteiger partial charge in [-0.3, -0.25) is 0 Å². The molecule has 0 spiro atoms. The van der Waals surface area contributed by atoms with Crippen molar-refractivity contribution in [3.63, 3.8) is 0 Å². The summed E-state index contributed by atoms with van der Waals surface area (Å²) in [7, 11) is 0. The van der Waals surface area contributed by atoms with Gasteiger partial charge < -0.3 is 14.6 Å². The maximum absolute atomic E-state index is 14.6. The highest BCUT2D eigenvalue weighted by atomic mass is 19.3. The minimum atomic E-state index is -4.14. The third kappa shape index (κ3) is 4.41. The number of benzene rings is 1. The molecular formula is C29H38F2O5. The van der Waals surface area contributed by atoms with Crippen LogP contribution in [0.4, 0.5) is 8.78 Å². The number of hydrogen-bond acceptors (Lipinski definition) is 4. The summed E-state index contributed by atoms with van der Waals surface area (Å²) in [5, 5.41) is 9.12. The number of hydrogen-bond donors (Lipinski definition) is 1. The van der Waals surface area contributed by atoms with E-state index in [4.69, 9.17) is 14.6 Å². The molecule has 4 bridgehead atoms. The van der Waals surface area contributed by atoms with Crippen LogP contribution in [0.2, 0.25) is 0 Å². The Morgan fingerprint density at radius 1 is 0.944 bits per heavy atom. The van der Waals surface area contributed by atoms with Crippen LogP contribution in [0, 0.1) is 35.5 Å². The number of rotatable bonds is 8. The Kier molecular flexibility index (Phi) is 6.80. The number of carbonyl (C=O) groups is 2. The third-order valence-corrected chi connectivity index (χ3v) is 9.66. The molecule has 5 aliphatic rings. The Labute approximate surface area is 211 Å². The van der Waals surface area contributed by atoms with E-state index in [0.29, 0.717) is 36.3 Å². The first-order chi connectivity index (χ1) is 17.1. The first-order valence-electron chi connectivity index (χ1n) is 13.7. The Morgan fingerprint density at radius 2 is 1.50 bits per heavy atom. The number of alkyl halides is 2. The van der Waals surface area contributed by atoms with Gasteiger partial charge in [0.2, 0.25) is 0 Å². The van der Waals surface area contributed by atoms with Crippen molar-refractivity contribution >= 4 is 11.9 Å². The van der Waals surface area contributed by atoms with Gasteiger partial charge in [0, 0.05) is 5.92 Å². The normalized spacial score (nSPS) is 32.9. The van der Waals surface area contributed by atoms with E-state index in [-0.39, 0.29) is 11.2 Å². The smallest absolute Gasteiger partial charge is 0.378 e. The second-order valence-electron chi connectivity index (χ2n) is 12.1. The standard InChI is InChI=1S/C29H38F2O5/c1-17(2)28(22-13-18-12-19(15-22)16-23(28)14-18)36-24-10-8-21(9-11-24)26(32)35-25(29(30,31)27(33)34)20-6-4-3-5-7-20/h8-11,17-20,22-23,25H,3-7,12-16H2,1-2H3,(H,33,34). The summed E-state index contributed by atoms with van der Waals surface area (Å²) >= 11 is 0. The van der Waals surface area contributed by atoms with Crippen LogP contribution in [-0.2, 0) is 9.53 Å². The van der Waals surface area contributed by atoms with Crippen LogP contribution in [0.3, 0.4) is 0 Å². The molecule has 1 aromatic carbocycles. The van der Waals surface area contributed by atoms with E-state index in [1.54, 1.807) is 24.3 Å². The monoisotopic (exact) mass is 504 g/mol. The molecule has 0 saturated heterocycles. The molecule has 1 atom stereocenters. The predicted octanol–water partition coefficient (Wildman–Crippen LogP) is 6.74. The predicted molar refractivity (Wildman–Crippen MR) is 130 cm³/mol. The van der Waals surface area contributed by atoms with Crippen LogP contribution in [0.25, 0.3) is 0 Å². The SMILES string of the molecule is CC(C)C1(Oc2ccc(C(=O)OC(C3CCCCC3)C(F)(F)C(=O)O)cc2)C2CC3CC(C2)CC1C3. The molecule has 0 radical (unpaired) electrons. The van der Waals surface area contributed by atoms with Gasteiger partial charge in [-0.15, -0.1) is 0 Å². The van der Waals surface area contributed by atoms with Gasteiger partial charge in [0.25, 0.3) is 0 Å². The highest BCUT2D eigenvalue weighted by molar-refractivity contribution is 5.90. The largest absolute Gasteiger partial charge is 0.486 e. The van der Waals surface area contributed by atoms with Crippen molar-refractivity contribution in [2.24, 2.45) is 35.5 Å². The highest BCUT2D eigenvalue weighted by Crippen LogP contribution is 2.61. The Bertz CT molecular complexity index is 938. The van der Waals surface area contributed by atoms with Crippen LogP contribution >= 0.6 is 0 Å². The zero-order valence-electron chi connectivity index (χ0n) is 21.3. The summed E-state index contributed by atoms with van der Waals surface area (Å²) in [6, 6.07) is 6.52. The maximum atomic E-state index is 14.6. The molecule has 5 nitrogen and oxygen atoms in total. The maximum Gasteiger partial charge on any atom is 0.378 e. The first kappa shape index (κ1) is 25.5. The Morgan fingerprint density at radius 3 is 2.00 bits per heavy atom. The van der Waals surface area contributed by atoms with Crippen molar-refractivity contribution in [2.45, 2.75) is 95.7 Å². The van der Waals surface area contributed by atoms with E-state index in [1.807, 2.05) is 0 Å². The van der Waals surface area contributed by atoms with E-state index >= 15 is 0 Å². The quantitative estimate of drug-likeness (QED) is 0.397. The van der Waals surface area contributed by atoms with Crippen molar-refractivity contribution in [1.82, 2.24) is 0 Å². The summed E-state index contributed by atoms with van der Waals surface area (Å²) in [4.78, 5) is 24.1. The fourth-order valence-electron chi connectivity index (χ4n) is 8.22. The number of carboxylic acid groups (broad SMARTS) is 1. The van der Waals surface area contributed by atoms with Crippen LogP contribution in [0.5, 0.6) is 5.75 Å². The zero-order valence-corrected chi connectivity index (χ0v) is 21.3. The molecule has 7 heteroatoms. The lowest BCUT2D eigenvalue weighted by Gasteiger charge is -2.62. The lowest BCUT2D eigenvalue weighted by atomic mass is 9.47. The molecule has 0 aliphatic heterocycles. The fraction of sp³-hybridized carbons (Fsp3) is 0.724. The van der Waals surface area contributed by atoms with Crippen molar-refractivity contribution in [2.75, 3.05) is 0 Å². The molecule has 1 N–H and O–H groups in total. The van der Waals surface area contributed by atoms with Crippen LogP contribution in [-0.4, -0.2) is 34.7 Å². The molecule has 5 fully saturated rings. The van der Waals surface area contributed by atoms with Crippen molar-refractivity contribution in [1.29, 1.82) is 0 Å². The van der Waals surface area contributed by atoms with E-state index in [1.165, 1.54) is 32.1 Å². The Balaban J connectivity index is 1.32.